The molecule has 7 heteroatoms. The topological polar surface area (TPSA) is 81.8 Å². The predicted octanol–water partition coefficient (Wildman–Crippen LogP) is 8.76. The van der Waals surface area contributed by atoms with E-state index in [0.29, 0.717) is 30.4 Å². The summed E-state index contributed by atoms with van der Waals surface area (Å²) in [7, 11) is 0. The van der Waals surface area contributed by atoms with Gasteiger partial charge in [-0.3, -0.25) is 0 Å². The number of aliphatic carboxylic acids is 1. The number of thiophene rings is 1. The molecule has 1 unspecified atom stereocenters. The molecular weight excluding hydrogens is 558 g/mol. The summed E-state index contributed by atoms with van der Waals surface area (Å²) in [5.74, 6) is 1.58. The summed E-state index contributed by atoms with van der Waals surface area (Å²) in [5.41, 5.74) is 4.69. The van der Waals surface area contributed by atoms with Gasteiger partial charge in [0.15, 0.2) is 0 Å². The van der Waals surface area contributed by atoms with Crippen molar-refractivity contribution < 1.29 is 23.8 Å². The second-order valence-electron chi connectivity index (χ2n) is 11.9. The van der Waals surface area contributed by atoms with Gasteiger partial charge < -0.3 is 19.0 Å². The fraction of sp³-hybridized carbons (Fsp3) is 0.278. The monoisotopic (exact) mass is 595 g/mol. The van der Waals surface area contributed by atoms with E-state index >= 15 is 0 Å². The zero-order valence-corrected chi connectivity index (χ0v) is 26.0. The van der Waals surface area contributed by atoms with Crippen molar-refractivity contribution in [2.45, 2.75) is 58.5 Å². The van der Waals surface area contributed by atoms with Crippen LogP contribution in [-0.2, 0) is 23.1 Å². The van der Waals surface area contributed by atoms with Crippen molar-refractivity contribution in [1.29, 1.82) is 0 Å². The van der Waals surface area contributed by atoms with Crippen LogP contribution in [0.15, 0.2) is 94.0 Å². The van der Waals surface area contributed by atoms with E-state index in [0.717, 1.165) is 33.7 Å². The Morgan fingerprint density at radius 3 is 2.26 bits per heavy atom. The van der Waals surface area contributed by atoms with Crippen LogP contribution < -0.4 is 9.47 Å². The molecule has 1 atom stereocenters. The van der Waals surface area contributed by atoms with Crippen molar-refractivity contribution in [3.05, 3.63) is 112 Å². The van der Waals surface area contributed by atoms with Gasteiger partial charge in [0.05, 0.1) is 12.3 Å². The zero-order valence-electron chi connectivity index (χ0n) is 25.2. The molecule has 0 bridgehead atoms. The molecule has 2 aromatic heterocycles. The van der Waals surface area contributed by atoms with Crippen molar-refractivity contribution in [3.8, 4) is 34.1 Å². The third-order valence-electron chi connectivity index (χ3n) is 7.44. The first-order chi connectivity index (χ1) is 20.5. The number of hydrogen-bond donors (Lipinski definition) is 1. The molecular formula is C36H37NO5S. The SMILES string of the molecule is Cc1oc(-c2cccc(-c3ccsc3)c2)nc1CCOc1ccc(CC(C)(Oc2ccc(C(C)(C)C)cc2)C(=O)O)cc1. The number of ether oxygens (including phenoxy) is 2. The molecule has 1 N–H and O–H groups in total. The van der Waals surface area contributed by atoms with Crippen molar-refractivity contribution in [1.82, 2.24) is 4.98 Å². The van der Waals surface area contributed by atoms with Gasteiger partial charge in [-0.2, -0.15) is 11.3 Å². The summed E-state index contributed by atoms with van der Waals surface area (Å²) in [6, 6.07) is 25.4. The Morgan fingerprint density at radius 2 is 1.60 bits per heavy atom. The van der Waals surface area contributed by atoms with E-state index < -0.39 is 11.6 Å². The molecule has 5 rings (SSSR count). The van der Waals surface area contributed by atoms with E-state index in [1.165, 1.54) is 5.56 Å². The van der Waals surface area contributed by atoms with Crippen LogP contribution in [-0.4, -0.2) is 28.3 Å². The van der Waals surface area contributed by atoms with Crippen LogP contribution in [0.4, 0.5) is 0 Å². The van der Waals surface area contributed by atoms with Crippen LogP contribution in [0, 0.1) is 6.92 Å². The maximum Gasteiger partial charge on any atom is 0.348 e. The number of benzene rings is 3. The predicted molar refractivity (Wildman–Crippen MR) is 171 cm³/mol. The molecule has 5 aromatic rings. The minimum absolute atomic E-state index is 0.00607. The average molecular weight is 596 g/mol. The maximum atomic E-state index is 12.2. The number of rotatable bonds is 11. The highest BCUT2D eigenvalue weighted by Crippen LogP contribution is 2.30. The Kier molecular flexibility index (Phi) is 8.74. The Bertz CT molecular complexity index is 1660. The molecule has 0 aliphatic rings. The van der Waals surface area contributed by atoms with E-state index in [2.05, 4.69) is 49.7 Å². The lowest BCUT2D eigenvalue weighted by molar-refractivity contribution is -0.153. The summed E-state index contributed by atoms with van der Waals surface area (Å²) >= 11 is 1.67. The van der Waals surface area contributed by atoms with Gasteiger partial charge in [0, 0.05) is 18.4 Å². The Labute approximate surface area is 257 Å². The van der Waals surface area contributed by atoms with Gasteiger partial charge in [-0.1, -0.05) is 57.2 Å². The lowest BCUT2D eigenvalue weighted by Crippen LogP contribution is -2.43. The van der Waals surface area contributed by atoms with Crippen LogP contribution in [0.1, 0.15) is 50.3 Å². The number of nitrogens with zero attached hydrogens (tertiary/aromatic N) is 1. The first-order valence-electron chi connectivity index (χ1n) is 14.3. The first-order valence-corrected chi connectivity index (χ1v) is 15.3. The second-order valence-corrected chi connectivity index (χ2v) is 12.7. The lowest BCUT2D eigenvalue weighted by atomic mass is 9.87. The smallest absolute Gasteiger partial charge is 0.348 e. The number of hydrogen-bond acceptors (Lipinski definition) is 6. The molecule has 6 nitrogen and oxygen atoms in total. The zero-order chi connectivity index (χ0) is 30.6. The molecule has 0 aliphatic heterocycles. The normalized spacial score (nSPS) is 13.0. The number of aryl methyl sites for hydroxylation is 1. The fourth-order valence-corrected chi connectivity index (χ4v) is 5.51. The average Bonchev–Trinajstić information content (AvgIpc) is 3.64. The van der Waals surface area contributed by atoms with Crippen LogP contribution >= 0.6 is 11.3 Å². The highest BCUT2D eigenvalue weighted by molar-refractivity contribution is 7.08. The largest absolute Gasteiger partial charge is 0.493 e. The quantitative estimate of drug-likeness (QED) is 0.164. The minimum Gasteiger partial charge on any atom is -0.493 e. The third-order valence-corrected chi connectivity index (χ3v) is 8.13. The van der Waals surface area contributed by atoms with E-state index in [1.54, 1.807) is 18.3 Å². The van der Waals surface area contributed by atoms with Crippen molar-refractivity contribution in [2.75, 3.05) is 6.61 Å². The molecule has 0 saturated carbocycles. The number of carboxylic acids is 1. The van der Waals surface area contributed by atoms with E-state index in [9.17, 15) is 9.90 Å². The molecule has 2 heterocycles. The summed E-state index contributed by atoms with van der Waals surface area (Å²) in [6.07, 6.45) is 0.804. The van der Waals surface area contributed by atoms with E-state index in [1.807, 2.05) is 67.6 Å². The van der Waals surface area contributed by atoms with Crippen LogP contribution in [0.3, 0.4) is 0 Å². The molecule has 0 amide bonds. The van der Waals surface area contributed by atoms with Gasteiger partial charge in [-0.05, 0) is 94.7 Å². The van der Waals surface area contributed by atoms with Crippen LogP contribution in [0.2, 0.25) is 0 Å². The summed E-state index contributed by atoms with van der Waals surface area (Å²) < 4.78 is 18.0. The van der Waals surface area contributed by atoms with E-state index in [4.69, 9.17) is 18.9 Å². The van der Waals surface area contributed by atoms with E-state index in [-0.39, 0.29) is 11.8 Å². The van der Waals surface area contributed by atoms with Crippen molar-refractivity contribution in [3.63, 3.8) is 0 Å². The molecule has 0 fully saturated rings. The van der Waals surface area contributed by atoms with Gasteiger partial charge in [0.25, 0.3) is 0 Å². The van der Waals surface area contributed by atoms with Gasteiger partial charge >= 0.3 is 5.97 Å². The van der Waals surface area contributed by atoms with Crippen molar-refractivity contribution >= 4 is 17.3 Å². The molecule has 0 saturated heterocycles. The highest BCUT2D eigenvalue weighted by Gasteiger charge is 2.36. The fourth-order valence-electron chi connectivity index (χ4n) is 4.84. The summed E-state index contributed by atoms with van der Waals surface area (Å²) in [5, 5.41) is 14.2. The summed E-state index contributed by atoms with van der Waals surface area (Å²) in [4.78, 5) is 17.0. The molecule has 43 heavy (non-hydrogen) atoms. The van der Waals surface area contributed by atoms with Gasteiger partial charge in [-0.15, -0.1) is 0 Å². The van der Waals surface area contributed by atoms with Gasteiger partial charge in [-0.25, -0.2) is 9.78 Å². The first kappa shape index (κ1) is 30.1. The Balaban J connectivity index is 1.18. The molecule has 0 radical (unpaired) electrons. The number of carboxylic acid groups (broad SMARTS) is 1. The number of aromatic nitrogens is 1. The second kappa shape index (κ2) is 12.5. The Hall–Kier alpha value is -4.36. The summed E-state index contributed by atoms with van der Waals surface area (Å²) in [6.45, 7) is 10.4. The standard InChI is InChI=1S/C36H37NO5S/c1-24-32(37-33(41-24)27-8-6-7-26(21-27)28-18-20-43-23-28)17-19-40-30-13-9-25(10-14-30)22-36(5,34(38)39)42-31-15-11-29(12-16-31)35(2,3)4/h6-16,18,20-21,23H,17,19,22H2,1-5H3,(H,38,39). The molecule has 0 spiro atoms. The molecule has 222 valence electrons. The number of carbonyl (C=O) groups is 1. The third kappa shape index (κ3) is 7.35. The van der Waals surface area contributed by atoms with Crippen LogP contribution in [0.5, 0.6) is 11.5 Å². The Morgan fingerprint density at radius 1 is 0.907 bits per heavy atom. The van der Waals surface area contributed by atoms with Crippen molar-refractivity contribution in [2.24, 2.45) is 0 Å². The molecule has 0 aliphatic carbocycles. The minimum atomic E-state index is -1.42. The maximum absolute atomic E-state index is 12.2. The van der Waals surface area contributed by atoms with Gasteiger partial charge in [0.1, 0.15) is 17.3 Å². The number of oxazole rings is 1. The molecule has 3 aromatic carbocycles. The van der Waals surface area contributed by atoms with Crippen LogP contribution in [0.25, 0.3) is 22.6 Å². The van der Waals surface area contributed by atoms with Gasteiger partial charge in [0.2, 0.25) is 11.5 Å². The lowest BCUT2D eigenvalue weighted by Gasteiger charge is -2.27. The highest BCUT2D eigenvalue weighted by atomic mass is 32.1.